The van der Waals surface area contributed by atoms with Crippen LogP contribution in [0.25, 0.3) is 0 Å². The van der Waals surface area contributed by atoms with Gasteiger partial charge in [0.15, 0.2) is 0 Å². The van der Waals surface area contributed by atoms with Gasteiger partial charge in [0, 0.05) is 23.2 Å². The second-order valence-corrected chi connectivity index (χ2v) is 8.25. The maximum Gasteiger partial charge on any atom is 0.267 e. The zero-order chi connectivity index (χ0) is 21.0. The smallest absolute Gasteiger partial charge is 0.267 e. The Bertz CT molecular complexity index is 1160. The summed E-state index contributed by atoms with van der Waals surface area (Å²) in [6.07, 6.45) is 1.23. The first-order valence-electron chi connectivity index (χ1n) is 8.10. The van der Waals surface area contributed by atoms with Crippen LogP contribution in [0.2, 0.25) is 0 Å². The molecule has 0 atom stereocenters. The summed E-state index contributed by atoms with van der Waals surface area (Å²) in [6, 6.07) is 9.60. The Kier molecular flexibility index (Phi) is 5.95. The summed E-state index contributed by atoms with van der Waals surface area (Å²) >= 11 is 0.873. The van der Waals surface area contributed by atoms with Crippen molar-refractivity contribution in [3.8, 4) is 17.6 Å². The molecule has 0 aliphatic rings. The van der Waals surface area contributed by atoms with E-state index in [1.165, 1.54) is 20.5 Å². The van der Waals surface area contributed by atoms with Crippen molar-refractivity contribution in [2.45, 2.75) is 11.4 Å². The molecule has 0 spiro atoms. The van der Waals surface area contributed by atoms with E-state index in [1.54, 1.807) is 24.3 Å². The van der Waals surface area contributed by atoms with Gasteiger partial charge in [-0.15, -0.1) is 0 Å². The molecule has 1 heterocycles. The predicted octanol–water partition coefficient (Wildman–Crippen LogP) is 2.96. The van der Waals surface area contributed by atoms with Crippen LogP contribution >= 0.6 is 11.5 Å². The molecule has 0 bridgehead atoms. The van der Waals surface area contributed by atoms with Gasteiger partial charge in [0.2, 0.25) is 5.13 Å². The lowest BCUT2D eigenvalue weighted by Crippen LogP contribution is -2.31. The van der Waals surface area contributed by atoms with E-state index in [9.17, 15) is 18.1 Å². The number of hydrogen-bond acceptors (Lipinski definition) is 8. The van der Waals surface area contributed by atoms with Gasteiger partial charge in [-0.25, -0.2) is 22.1 Å². The van der Waals surface area contributed by atoms with Crippen molar-refractivity contribution >= 4 is 26.7 Å². The molecule has 0 N–H and O–H groups in total. The predicted molar refractivity (Wildman–Crippen MR) is 104 cm³/mol. The summed E-state index contributed by atoms with van der Waals surface area (Å²) in [5.74, 6) is 0.245. The van der Waals surface area contributed by atoms with Gasteiger partial charge in [0.25, 0.3) is 10.0 Å². The average Bonchev–Trinajstić information content (AvgIpc) is 3.25. The molecule has 3 aromatic rings. The standard InChI is InChI=1S/C18H15FN4O4S2/c1-26-15-5-3-12(16(8-15)27-2)10-23(18-21-11-22-28-18)29(24,25)17-6-4-14(19)7-13(17)9-20/h3-8,11H,10H2,1-2H3. The van der Waals surface area contributed by atoms with Gasteiger partial charge >= 0.3 is 0 Å². The number of hydrogen-bond donors (Lipinski definition) is 0. The van der Waals surface area contributed by atoms with Gasteiger partial charge in [0.1, 0.15) is 34.6 Å². The number of methoxy groups -OCH3 is 2. The lowest BCUT2D eigenvalue weighted by atomic mass is 10.2. The van der Waals surface area contributed by atoms with Crippen molar-refractivity contribution in [3.05, 3.63) is 59.7 Å². The van der Waals surface area contributed by atoms with Crippen LogP contribution in [-0.4, -0.2) is 32.0 Å². The molecular weight excluding hydrogens is 419 g/mol. The number of nitriles is 1. The Morgan fingerprint density at radius 1 is 1.21 bits per heavy atom. The van der Waals surface area contributed by atoms with E-state index in [1.807, 2.05) is 0 Å². The highest BCUT2D eigenvalue weighted by atomic mass is 32.2. The first-order chi connectivity index (χ1) is 13.9. The lowest BCUT2D eigenvalue weighted by Gasteiger charge is -2.23. The highest BCUT2D eigenvalue weighted by Gasteiger charge is 2.31. The Morgan fingerprint density at radius 2 is 2.00 bits per heavy atom. The monoisotopic (exact) mass is 434 g/mol. The van der Waals surface area contributed by atoms with E-state index in [-0.39, 0.29) is 22.1 Å². The van der Waals surface area contributed by atoms with Gasteiger partial charge in [-0.2, -0.15) is 9.64 Å². The Labute approximate surface area is 171 Å². The molecular formula is C18H15FN4O4S2. The molecule has 0 fully saturated rings. The zero-order valence-corrected chi connectivity index (χ0v) is 17.0. The molecule has 1 aromatic heterocycles. The fraction of sp³-hybridized carbons (Fsp3) is 0.167. The normalized spacial score (nSPS) is 11.0. The fourth-order valence-corrected chi connectivity index (χ4v) is 4.86. The number of aromatic nitrogens is 2. The van der Waals surface area contributed by atoms with Crippen LogP contribution in [-0.2, 0) is 16.6 Å². The third-order valence-corrected chi connectivity index (χ3v) is 6.60. The molecule has 8 nitrogen and oxygen atoms in total. The van der Waals surface area contributed by atoms with Gasteiger partial charge < -0.3 is 9.47 Å². The first-order valence-corrected chi connectivity index (χ1v) is 10.3. The van der Waals surface area contributed by atoms with E-state index in [4.69, 9.17) is 9.47 Å². The second-order valence-electron chi connectivity index (χ2n) is 5.67. The maximum absolute atomic E-state index is 13.5. The van der Waals surface area contributed by atoms with Crippen molar-refractivity contribution in [1.82, 2.24) is 9.36 Å². The zero-order valence-electron chi connectivity index (χ0n) is 15.4. The van der Waals surface area contributed by atoms with Crippen LogP contribution in [0.15, 0.2) is 47.6 Å². The van der Waals surface area contributed by atoms with Crippen LogP contribution in [0.3, 0.4) is 0 Å². The number of benzene rings is 2. The van der Waals surface area contributed by atoms with Crippen molar-refractivity contribution in [2.24, 2.45) is 0 Å². The van der Waals surface area contributed by atoms with Crippen LogP contribution in [0.1, 0.15) is 11.1 Å². The minimum absolute atomic E-state index is 0.0936. The summed E-state index contributed by atoms with van der Waals surface area (Å²) in [7, 11) is -1.30. The highest BCUT2D eigenvalue weighted by Crippen LogP contribution is 2.32. The maximum atomic E-state index is 13.5. The average molecular weight is 434 g/mol. The molecule has 0 aliphatic carbocycles. The number of sulfonamides is 1. The lowest BCUT2D eigenvalue weighted by molar-refractivity contribution is 0.391. The third-order valence-electron chi connectivity index (χ3n) is 4.00. The largest absolute Gasteiger partial charge is 0.497 e. The minimum atomic E-state index is -4.26. The highest BCUT2D eigenvalue weighted by molar-refractivity contribution is 7.93. The fourth-order valence-electron chi connectivity index (χ4n) is 2.60. The van der Waals surface area contributed by atoms with Gasteiger partial charge in [-0.3, -0.25) is 0 Å². The van der Waals surface area contributed by atoms with E-state index in [0.717, 1.165) is 34.0 Å². The summed E-state index contributed by atoms with van der Waals surface area (Å²) in [4.78, 5) is 3.67. The number of anilines is 1. The van der Waals surface area contributed by atoms with E-state index < -0.39 is 15.8 Å². The second kappa shape index (κ2) is 8.42. The molecule has 29 heavy (non-hydrogen) atoms. The van der Waals surface area contributed by atoms with E-state index in [0.29, 0.717) is 17.1 Å². The Morgan fingerprint density at radius 3 is 2.62 bits per heavy atom. The van der Waals surface area contributed by atoms with Gasteiger partial charge in [0.05, 0.1) is 26.3 Å². The van der Waals surface area contributed by atoms with Gasteiger partial charge in [-0.05, 0) is 30.3 Å². The van der Waals surface area contributed by atoms with E-state index >= 15 is 0 Å². The third kappa shape index (κ3) is 4.13. The van der Waals surface area contributed by atoms with Gasteiger partial charge in [-0.1, -0.05) is 0 Å². The van der Waals surface area contributed by atoms with Crippen molar-refractivity contribution in [2.75, 3.05) is 18.5 Å². The molecule has 11 heteroatoms. The molecule has 0 aliphatic heterocycles. The summed E-state index contributed by atoms with van der Waals surface area (Å²) in [6.45, 7) is -0.146. The van der Waals surface area contributed by atoms with Crippen molar-refractivity contribution in [1.29, 1.82) is 5.26 Å². The molecule has 2 aromatic carbocycles. The van der Waals surface area contributed by atoms with E-state index in [2.05, 4.69) is 9.36 Å². The number of ether oxygens (including phenoxy) is 2. The van der Waals surface area contributed by atoms with Crippen molar-refractivity contribution < 1.29 is 22.3 Å². The summed E-state index contributed by atoms with van der Waals surface area (Å²) in [5, 5.41) is 9.38. The summed E-state index contributed by atoms with van der Waals surface area (Å²) < 4.78 is 55.6. The summed E-state index contributed by atoms with van der Waals surface area (Å²) in [5.41, 5.74) is 0.230. The topological polar surface area (TPSA) is 105 Å². The molecule has 0 unspecified atom stereocenters. The molecule has 0 saturated heterocycles. The van der Waals surface area contributed by atoms with Crippen LogP contribution < -0.4 is 13.8 Å². The van der Waals surface area contributed by atoms with Crippen LogP contribution in [0, 0.1) is 17.1 Å². The molecule has 0 radical (unpaired) electrons. The molecule has 0 amide bonds. The minimum Gasteiger partial charge on any atom is -0.497 e. The number of rotatable bonds is 7. The quantitative estimate of drug-likeness (QED) is 0.563. The first kappa shape index (κ1) is 20.5. The number of nitrogens with zero attached hydrogens (tertiary/aromatic N) is 4. The van der Waals surface area contributed by atoms with Crippen LogP contribution in [0.4, 0.5) is 9.52 Å². The Balaban J connectivity index is 2.12. The number of halogens is 1. The van der Waals surface area contributed by atoms with Crippen LogP contribution in [0.5, 0.6) is 11.5 Å². The molecule has 3 rings (SSSR count). The Hall–Kier alpha value is -3.23. The molecule has 150 valence electrons. The van der Waals surface area contributed by atoms with Crippen molar-refractivity contribution in [3.63, 3.8) is 0 Å². The molecule has 0 saturated carbocycles. The SMILES string of the molecule is COc1ccc(CN(c2ncns2)S(=O)(=O)c2ccc(F)cc2C#N)c(OC)c1.